The minimum Gasteiger partial charge on any atom is -0.303 e. The molecule has 2 rings (SSSR count). The molecule has 0 aliphatic heterocycles. The molecule has 1 heteroatoms. The molecule has 1 unspecified atom stereocenters. The van der Waals surface area contributed by atoms with Crippen LogP contribution in [0.15, 0.2) is 61.2 Å². The molecular formula is C18H21N. The maximum Gasteiger partial charge on any atom is 0.0581 e. The summed E-state index contributed by atoms with van der Waals surface area (Å²) in [5.41, 5.74) is 5.24. The lowest BCUT2D eigenvalue weighted by Gasteiger charge is -2.21. The van der Waals surface area contributed by atoms with Crippen molar-refractivity contribution in [2.45, 2.75) is 19.9 Å². The summed E-state index contributed by atoms with van der Waals surface area (Å²) in [4.78, 5) is 0. The van der Waals surface area contributed by atoms with Gasteiger partial charge in [-0.05, 0) is 30.5 Å². The Kier molecular flexibility index (Phi) is 4.53. The second-order valence-electron chi connectivity index (χ2n) is 4.90. The second-order valence-corrected chi connectivity index (χ2v) is 4.90. The summed E-state index contributed by atoms with van der Waals surface area (Å²) < 4.78 is 0. The third-order valence-corrected chi connectivity index (χ3v) is 3.34. The highest BCUT2D eigenvalue weighted by Crippen LogP contribution is 2.25. The van der Waals surface area contributed by atoms with Gasteiger partial charge in [-0.3, -0.25) is 0 Å². The van der Waals surface area contributed by atoms with Gasteiger partial charge in [-0.15, -0.1) is 6.58 Å². The van der Waals surface area contributed by atoms with Gasteiger partial charge in [0.1, 0.15) is 0 Å². The summed E-state index contributed by atoms with van der Waals surface area (Å²) in [7, 11) is 0. The fraction of sp³-hybridized carbons (Fsp3) is 0.222. The lowest BCUT2D eigenvalue weighted by atomic mass is 9.93. The molecule has 0 fully saturated rings. The largest absolute Gasteiger partial charge is 0.303 e. The molecule has 98 valence electrons. The smallest absolute Gasteiger partial charge is 0.0581 e. The Morgan fingerprint density at radius 1 is 1.11 bits per heavy atom. The summed E-state index contributed by atoms with van der Waals surface area (Å²) in [6, 6.07) is 17.4. The van der Waals surface area contributed by atoms with Gasteiger partial charge in [0.15, 0.2) is 0 Å². The molecule has 1 nitrogen and oxygen atoms in total. The number of aryl methyl sites for hydroxylation is 2. The van der Waals surface area contributed by atoms with E-state index >= 15 is 0 Å². The zero-order chi connectivity index (χ0) is 13.7. The minimum absolute atomic E-state index is 0.221. The summed E-state index contributed by atoms with van der Waals surface area (Å²) in [6.07, 6.45) is 1.90. The molecule has 0 aliphatic rings. The van der Waals surface area contributed by atoms with Gasteiger partial charge in [0.05, 0.1) is 6.04 Å². The number of hydrogen-bond acceptors (Lipinski definition) is 1. The van der Waals surface area contributed by atoms with Crippen LogP contribution in [0.5, 0.6) is 0 Å². The first-order valence-electron chi connectivity index (χ1n) is 6.68. The van der Waals surface area contributed by atoms with Crippen molar-refractivity contribution in [3.8, 4) is 0 Å². The van der Waals surface area contributed by atoms with Crippen LogP contribution in [0.3, 0.4) is 0 Å². The van der Waals surface area contributed by atoms with Gasteiger partial charge in [0.2, 0.25) is 0 Å². The SMILES string of the molecule is C=CCNC(c1ccccc1)c1cc(C)ccc1C. The van der Waals surface area contributed by atoms with Gasteiger partial charge in [0, 0.05) is 6.54 Å². The number of benzene rings is 2. The van der Waals surface area contributed by atoms with Crippen LogP contribution in [0.2, 0.25) is 0 Å². The zero-order valence-corrected chi connectivity index (χ0v) is 11.7. The van der Waals surface area contributed by atoms with Crippen LogP contribution >= 0.6 is 0 Å². The van der Waals surface area contributed by atoms with Crippen LogP contribution in [-0.4, -0.2) is 6.54 Å². The molecule has 0 spiro atoms. The fourth-order valence-electron chi connectivity index (χ4n) is 2.32. The predicted octanol–water partition coefficient (Wildman–Crippen LogP) is 4.17. The molecule has 1 N–H and O–H groups in total. The average molecular weight is 251 g/mol. The molecule has 1 atom stereocenters. The number of hydrogen-bond donors (Lipinski definition) is 1. The van der Waals surface area contributed by atoms with Crippen molar-refractivity contribution in [2.24, 2.45) is 0 Å². The maximum absolute atomic E-state index is 3.80. The van der Waals surface area contributed by atoms with Crippen molar-refractivity contribution >= 4 is 0 Å². The van der Waals surface area contributed by atoms with Gasteiger partial charge in [-0.25, -0.2) is 0 Å². The first-order valence-corrected chi connectivity index (χ1v) is 6.68. The van der Waals surface area contributed by atoms with Crippen LogP contribution in [0.25, 0.3) is 0 Å². The molecule has 0 heterocycles. The van der Waals surface area contributed by atoms with Crippen molar-refractivity contribution in [1.82, 2.24) is 5.32 Å². The molecule has 2 aromatic rings. The quantitative estimate of drug-likeness (QED) is 0.786. The molecule has 0 bridgehead atoms. The van der Waals surface area contributed by atoms with E-state index < -0.39 is 0 Å². The van der Waals surface area contributed by atoms with Crippen LogP contribution in [0, 0.1) is 13.8 Å². The van der Waals surface area contributed by atoms with E-state index in [1.165, 1.54) is 22.3 Å². The van der Waals surface area contributed by atoms with Gasteiger partial charge < -0.3 is 5.32 Å². The average Bonchev–Trinajstić information content (AvgIpc) is 2.44. The highest BCUT2D eigenvalue weighted by atomic mass is 14.9. The summed E-state index contributed by atoms with van der Waals surface area (Å²) >= 11 is 0. The lowest BCUT2D eigenvalue weighted by Crippen LogP contribution is -2.23. The van der Waals surface area contributed by atoms with E-state index in [-0.39, 0.29) is 6.04 Å². The second kappa shape index (κ2) is 6.35. The molecular weight excluding hydrogens is 230 g/mol. The van der Waals surface area contributed by atoms with Gasteiger partial charge in [0.25, 0.3) is 0 Å². The van der Waals surface area contributed by atoms with Crippen molar-refractivity contribution in [1.29, 1.82) is 0 Å². The van der Waals surface area contributed by atoms with Crippen LogP contribution in [0.1, 0.15) is 28.3 Å². The standard InChI is InChI=1S/C18H21N/c1-4-12-19-18(16-8-6-5-7-9-16)17-13-14(2)10-11-15(17)3/h4-11,13,18-19H,1,12H2,2-3H3. The minimum atomic E-state index is 0.221. The van der Waals surface area contributed by atoms with Crippen molar-refractivity contribution in [3.05, 3.63) is 83.4 Å². The van der Waals surface area contributed by atoms with Crippen molar-refractivity contribution in [3.63, 3.8) is 0 Å². The number of rotatable bonds is 5. The molecule has 0 aromatic heterocycles. The highest BCUT2D eigenvalue weighted by Gasteiger charge is 2.14. The van der Waals surface area contributed by atoms with Gasteiger partial charge >= 0.3 is 0 Å². The summed E-state index contributed by atoms with van der Waals surface area (Å²) in [5, 5.41) is 3.55. The number of nitrogens with one attached hydrogen (secondary N) is 1. The molecule has 0 saturated heterocycles. The molecule has 0 amide bonds. The molecule has 0 radical (unpaired) electrons. The van der Waals surface area contributed by atoms with E-state index in [4.69, 9.17) is 0 Å². The topological polar surface area (TPSA) is 12.0 Å². The molecule has 19 heavy (non-hydrogen) atoms. The Morgan fingerprint density at radius 3 is 2.53 bits per heavy atom. The van der Waals surface area contributed by atoms with Crippen molar-refractivity contribution < 1.29 is 0 Å². The first-order chi connectivity index (χ1) is 9.22. The third kappa shape index (κ3) is 3.33. The van der Waals surface area contributed by atoms with Gasteiger partial charge in [-0.2, -0.15) is 0 Å². The molecule has 0 aliphatic carbocycles. The Labute approximate surface area is 116 Å². The Bertz CT molecular complexity index is 543. The third-order valence-electron chi connectivity index (χ3n) is 3.34. The molecule has 2 aromatic carbocycles. The predicted molar refractivity (Wildman–Crippen MR) is 82.4 cm³/mol. The maximum atomic E-state index is 3.80. The van der Waals surface area contributed by atoms with Gasteiger partial charge in [-0.1, -0.05) is 60.2 Å². The van der Waals surface area contributed by atoms with E-state index in [2.05, 4.69) is 74.3 Å². The monoisotopic (exact) mass is 251 g/mol. The van der Waals surface area contributed by atoms with Crippen LogP contribution < -0.4 is 5.32 Å². The highest BCUT2D eigenvalue weighted by molar-refractivity contribution is 5.39. The van der Waals surface area contributed by atoms with Crippen LogP contribution in [-0.2, 0) is 0 Å². The summed E-state index contributed by atoms with van der Waals surface area (Å²) in [6.45, 7) is 8.90. The van der Waals surface area contributed by atoms with Crippen molar-refractivity contribution in [2.75, 3.05) is 6.54 Å². The normalized spacial score (nSPS) is 12.1. The Hall–Kier alpha value is -1.86. The lowest BCUT2D eigenvalue weighted by molar-refractivity contribution is 0.649. The van der Waals surface area contributed by atoms with Crippen LogP contribution in [0.4, 0.5) is 0 Å². The fourth-order valence-corrected chi connectivity index (χ4v) is 2.32. The van der Waals surface area contributed by atoms with E-state index in [9.17, 15) is 0 Å². The van der Waals surface area contributed by atoms with E-state index in [0.717, 1.165) is 6.54 Å². The Balaban J connectivity index is 2.42. The van der Waals surface area contributed by atoms with E-state index in [1.807, 2.05) is 6.08 Å². The first kappa shape index (κ1) is 13.6. The molecule has 0 saturated carbocycles. The van der Waals surface area contributed by atoms with E-state index in [1.54, 1.807) is 0 Å². The zero-order valence-electron chi connectivity index (χ0n) is 11.7. The summed E-state index contributed by atoms with van der Waals surface area (Å²) in [5.74, 6) is 0. The Morgan fingerprint density at radius 2 is 1.84 bits per heavy atom. The van der Waals surface area contributed by atoms with E-state index in [0.29, 0.717) is 0 Å².